The average molecular weight is 272 g/mol. The molecule has 0 amide bonds. The minimum absolute atomic E-state index is 0.118. The predicted octanol–water partition coefficient (Wildman–Crippen LogP) is 3.00. The molecule has 2 aromatic rings. The quantitative estimate of drug-likeness (QED) is 0.801. The summed E-state index contributed by atoms with van der Waals surface area (Å²) < 4.78 is 0. The third-order valence-corrected chi connectivity index (χ3v) is 4.15. The molecule has 0 radical (unpaired) electrons. The molecule has 3 rings (SSSR count). The Balaban J connectivity index is 2.04. The highest BCUT2D eigenvalue weighted by Crippen LogP contribution is 2.33. The van der Waals surface area contributed by atoms with E-state index in [9.17, 15) is 9.90 Å². The Kier molecular flexibility index (Phi) is 3.49. The number of aliphatic carboxylic acids is 1. The summed E-state index contributed by atoms with van der Waals surface area (Å²) in [5.74, 6) is -0.762. The number of hydrogen-bond acceptors (Lipinski definition) is 2. The lowest BCUT2D eigenvalue weighted by atomic mass is 9.91. The summed E-state index contributed by atoms with van der Waals surface area (Å²) in [4.78, 5) is 14.8. The summed E-state index contributed by atoms with van der Waals surface area (Å²) in [6.07, 6.45) is 3.74. The predicted molar refractivity (Wildman–Crippen MR) is 78.8 cm³/mol. The van der Waals surface area contributed by atoms with Gasteiger partial charge >= 0.3 is 5.97 Å². The molecule has 2 atom stereocenters. The first-order chi connectivity index (χ1) is 9.70. The van der Waals surface area contributed by atoms with Gasteiger partial charge in [-0.3, -0.25) is 10.1 Å². The van der Waals surface area contributed by atoms with Crippen molar-refractivity contribution < 1.29 is 9.90 Å². The Hall–Kier alpha value is -1.81. The van der Waals surface area contributed by atoms with Gasteiger partial charge in [0, 0.05) is 29.1 Å². The molecule has 1 aliphatic heterocycles. The summed E-state index contributed by atoms with van der Waals surface area (Å²) in [5.41, 5.74) is 3.46. The van der Waals surface area contributed by atoms with Crippen LogP contribution in [0.15, 0.2) is 24.3 Å². The monoisotopic (exact) mass is 272 g/mol. The molecule has 0 saturated heterocycles. The number of carboxylic acid groups (broad SMARTS) is 1. The van der Waals surface area contributed by atoms with E-state index in [1.165, 1.54) is 11.3 Å². The number of rotatable bonds is 4. The molecule has 0 spiro atoms. The molecule has 0 saturated carbocycles. The molecule has 0 aliphatic carbocycles. The van der Waals surface area contributed by atoms with Crippen molar-refractivity contribution >= 4 is 16.9 Å². The maximum absolute atomic E-state index is 11.4. The van der Waals surface area contributed by atoms with Crippen LogP contribution in [-0.4, -0.2) is 22.1 Å². The van der Waals surface area contributed by atoms with Crippen molar-refractivity contribution in [3.05, 3.63) is 35.5 Å². The fourth-order valence-corrected chi connectivity index (χ4v) is 3.12. The van der Waals surface area contributed by atoms with Gasteiger partial charge in [0.2, 0.25) is 0 Å². The van der Waals surface area contributed by atoms with E-state index in [-0.39, 0.29) is 6.04 Å². The molecule has 4 heteroatoms. The largest absolute Gasteiger partial charge is 0.480 e. The number of aromatic amines is 1. The van der Waals surface area contributed by atoms with Gasteiger partial charge in [-0.15, -0.1) is 0 Å². The second-order valence-corrected chi connectivity index (χ2v) is 5.52. The van der Waals surface area contributed by atoms with Crippen LogP contribution < -0.4 is 5.32 Å². The highest BCUT2D eigenvalue weighted by Gasteiger charge is 2.32. The van der Waals surface area contributed by atoms with Crippen LogP contribution in [0, 0.1) is 0 Å². The van der Waals surface area contributed by atoms with E-state index in [0.717, 1.165) is 30.2 Å². The fourth-order valence-electron chi connectivity index (χ4n) is 3.12. The Labute approximate surface area is 118 Å². The van der Waals surface area contributed by atoms with Crippen molar-refractivity contribution in [2.24, 2.45) is 0 Å². The molecular weight excluding hydrogens is 252 g/mol. The van der Waals surface area contributed by atoms with Gasteiger partial charge in [-0.2, -0.15) is 0 Å². The average Bonchev–Trinajstić information content (AvgIpc) is 2.83. The fraction of sp³-hybridized carbons (Fsp3) is 0.438. The third kappa shape index (κ3) is 2.20. The molecule has 20 heavy (non-hydrogen) atoms. The topological polar surface area (TPSA) is 65.1 Å². The van der Waals surface area contributed by atoms with Crippen LogP contribution in [0.2, 0.25) is 0 Å². The lowest BCUT2D eigenvalue weighted by molar-refractivity contribution is -0.139. The first kappa shape index (κ1) is 13.2. The SMILES string of the molecule is CCCCC1NC(C(=O)O)Cc2c1[nH]c1ccccc21. The molecule has 1 aromatic carbocycles. The van der Waals surface area contributed by atoms with Gasteiger partial charge in [-0.1, -0.05) is 38.0 Å². The standard InChI is InChI=1S/C16H20N2O2/c1-2-3-7-13-15-11(9-14(17-13)16(19)20)10-6-4-5-8-12(10)18-15/h4-6,8,13-14,17-18H,2-3,7,9H2,1H3,(H,19,20). The van der Waals surface area contributed by atoms with E-state index in [1.54, 1.807) is 0 Å². The number of H-pyrrole nitrogens is 1. The number of aromatic nitrogens is 1. The van der Waals surface area contributed by atoms with Crippen molar-refractivity contribution in [3.8, 4) is 0 Å². The number of hydrogen-bond donors (Lipinski definition) is 3. The summed E-state index contributed by atoms with van der Waals surface area (Å²) in [6, 6.07) is 7.78. The zero-order valence-electron chi connectivity index (χ0n) is 11.6. The molecule has 2 heterocycles. The van der Waals surface area contributed by atoms with Crippen LogP contribution in [0.1, 0.15) is 43.5 Å². The minimum atomic E-state index is -0.762. The number of nitrogens with one attached hydrogen (secondary N) is 2. The van der Waals surface area contributed by atoms with E-state index >= 15 is 0 Å². The van der Waals surface area contributed by atoms with Crippen molar-refractivity contribution in [1.82, 2.24) is 10.3 Å². The number of benzene rings is 1. The summed E-state index contributed by atoms with van der Waals surface area (Å²) in [5, 5.41) is 13.8. The Morgan fingerprint density at radius 2 is 2.20 bits per heavy atom. The Bertz CT molecular complexity index is 632. The molecular formula is C16H20N2O2. The van der Waals surface area contributed by atoms with Crippen LogP contribution in [0.4, 0.5) is 0 Å². The van der Waals surface area contributed by atoms with Gasteiger partial charge in [-0.05, 0) is 18.1 Å². The number of unbranched alkanes of at least 4 members (excludes halogenated alkanes) is 1. The molecule has 0 bridgehead atoms. The highest BCUT2D eigenvalue weighted by atomic mass is 16.4. The lowest BCUT2D eigenvalue weighted by Gasteiger charge is -2.29. The maximum atomic E-state index is 11.4. The third-order valence-electron chi connectivity index (χ3n) is 4.15. The molecule has 1 aromatic heterocycles. The molecule has 2 unspecified atom stereocenters. The van der Waals surface area contributed by atoms with Crippen LogP contribution in [0.25, 0.3) is 10.9 Å². The Morgan fingerprint density at radius 3 is 2.95 bits per heavy atom. The first-order valence-corrected chi connectivity index (χ1v) is 7.29. The van der Waals surface area contributed by atoms with Crippen LogP contribution >= 0.6 is 0 Å². The summed E-state index contributed by atoms with van der Waals surface area (Å²) in [6.45, 7) is 2.16. The molecule has 106 valence electrons. The van der Waals surface area contributed by atoms with Gasteiger partial charge in [0.25, 0.3) is 0 Å². The normalized spacial score (nSPS) is 21.9. The van der Waals surface area contributed by atoms with Gasteiger partial charge in [-0.25, -0.2) is 0 Å². The molecule has 1 aliphatic rings. The zero-order valence-corrected chi connectivity index (χ0v) is 11.6. The smallest absolute Gasteiger partial charge is 0.321 e. The van der Waals surface area contributed by atoms with Crippen LogP contribution in [0.5, 0.6) is 0 Å². The number of carbonyl (C=O) groups is 1. The van der Waals surface area contributed by atoms with Crippen molar-refractivity contribution in [2.75, 3.05) is 0 Å². The lowest BCUT2D eigenvalue weighted by Crippen LogP contribution is -2.44. The second-order valence-electron chi connectivity index (χ2n) is 5.52. The van der Waals surface area contributed by atoms with Crippen molar-refractivity contribution in [2.45, 2.75) is 44.7 Å². The molecule has 4 nitrogen and oxygen atoms in total. The Morgan fingerprint density at radius 1 is 1.40 bits per heavy atom. The van der Waals surface area contributed by atoms with Crippen molar-refractivity contribution in [3.63, 3.8) is 0 Å². The van der Waals surface area contributed by atoms with E-state index in [2.05, 4.69) is 29.4 Å². The molecule has 0 fully saturated rings. The summed E-state index contributed by atoms with van der Waals surface area (Å²) >= 11 is 0. The van der Waals surface area contributed by atoms with Gasteiger partial charge in [0.05, 0.1) is 0 Å². The zero-order chi connectivity index (χ0) is 14.1. The first-order valence-electron chi connectivity index (χ1n) is 7.29. The molecule has 3 N–H and O–H groups in total. The van der Waals surface area contributed by atoms with Gasteiger partial charge in [0.15, 0.2) is 0 Å². The number of para-hydroxylation sites is 1. The van der Waals surface area contributed by atoms with E-state index in [0.29, 0.717) is 6.42 Å². The van der Waals surface area contributed by atoms with Crippen LogP contribution in [-0.2, 0) is 11.2 Å². The maximum Gasteiger partial charge on any atom is 0.321 e. The van der Waals surface area contributed by atoms with Gasteiger partial charge < -0.3 is 10.1 Å². The highest BCUT2D eigenvalue weighted by molar-refractivity contribution is 5.86. The van der Waals surface area contributed by atoms with Crippen LogP contribution in [0.3, 0.4) is 0 Å². The van der Waals surface area contributed by atoms with Crippen molar-refractivity contribution in [1.29, 1.82) is 0 Å². The van der Waals surface area contributed by atoms with E-state index < -0.39 is 12.0 Å². The van der Waals surface area contributed by atoms with Gasteiger partial charge in [0.1, 0.15) is 6.04 Å². The summed E-state index contributed by atoms with van der Waals surface area (Å²) in [7, 11) is 0. The number of carboxylic acids is 1. The van der Waals surface area contributed by atoms with E-state index in [1.807, 2.05) is 12.1 Å². The van der Waals surface area contributed by atoms with E-state index in [4.69, 9.17) is 0 Å². The minimum Gasteiger partial charge on any atom is -0.480 e. The number of fused-ring (bicyclic) bond motifs is 3. The second kappa shape index (κ2) is 5.29.